The first-order valence-corrected chi connectivity index (χ1v) is 10.9. The molecule has 1 atom stereocenters. The molecule has 0 saturated heterocycles. The summed E-state index contributed by atoms with van der Waals surface area (Å²) in [5.74, 6) is -0.914. The van der Waals surface area contributed by atoms with Crippen molar-refractivity contribution in [2.75, 3.05) is 4.90 Å². The SMILES string of the molecule is CCC(=O)C1=C(O)C(=O)N(c2nc3ccc(C(C)C)cc3s2)C1c1cccc(C)c1. The topological polar surface area (TPSA) is 70.5 Å². The zero-order valence-corrected chi connectivity index (χ0v) is 18.3. The predicted octanol–water partition coefficient (Wildman–Crippen LogP) is 5.61. The molecule has 0 saturated carbocycles. The van der Waals surface area contributed by atoms with Crippen molar-refractivity contribution in [3.8, 4) is 0 Å². The number of carbonyl (C=O) groups is 2. The number of benzene rings is 2. The van der Waals surface area contributed by atoms with E-state index in [0.717, 1.165) is 21.3 Å². The van der Waals surface area contributed by atoms with Crippen LogP contribution in [0, 0.1) is 6.92 Å². The molecule has 5 nitrogen and oxygen atoms in total. The first kappa shape index (κ1) is 20.3. The summed E-state index contributed by atoms with van der Waals surface area (Å²) < 4.78 is 0.974. The second-order valence-electron chi connectivity index (χ2n) is 7.91. The third-order valence-electron chi connectivity index (χ3n) is 5.46. The summed E-state index contributed by atoms with van der Waals surface area (Å²) in [5.41, 5.74) is 3.94. The number of aromatic nitrogens is 1. The molecule has 0 fully saturated rings. The van der Waals surface area contributed by atoms with Crippen molar-refractivity contribution in [1.29, 1.82) is 0 Å². The van der Waals surface area contributed by atoms with Gasteiger partial charge in [-0.25, -0.2) is 4.98 Å². The summed E-state index contributed by atoms with van der Waals surface area (Å²) in [5, 5.41) is 11.1. The minimum atomic E-state index is -0.685. The van der Waals surface area contributed by atoms with E-state index in [1.165, 1.54) is 21.8 Å². The number of fused-ring (bicyclic) bond motifs is 1. The number of amides is 1. The fourth-order valence-corrected chi connectivity index (χ4v) is 4.87. The second-order valence-corrected chi connectivity index (χ2v) is 8.92. The maximum absolute atomic E-state index is 13.1. The molecule has 1 aromatic heterocycles. The van der Waals surface area contributed by atoms with Gasteiger partial charge in [0.1, 0.15) is 0 Å². The van der Waals surface area contributed by atoms with Crippen LogP contribution in [0.4, 0.5) is 5.13 Å². The molecule has 0 aliphatic carbocycles. The fourth-order valence-electron chi connectivity index (χ4n) is 3.82. The predicted molar refractivity (Wildman–Crippen MR) is 120 cm³/mol. The molecule has 154 valence electrons. The lowest BCUT2D eigenvalue weighted by molar-refractivity contribution is -0.118. The van der Waals surface area contributed by atoms with Gasteiger partial charge in [0.05, 0.1) is 21.8 Å². The van der Waals surface area contributed by atoms with Crippen LogP contribution < -0.4 is 4.90 Å². The molecule has 1 N–H and O–H groups in total. The number of anilines is 1. The Morgan fingerprint density at radius 2 is 2.00 bits per heavy atom. The Hall–Kier alpha value is -2.99. The smallest absolute Gasteiger partial charge is 0.296 e. The lowest BCUT2D eigenvalue weighted by atomic mass is 9.94. The Balaban J connectivity index is 1.88. The van der Waals surface area contributed by atoms with Crippen LogP contribution in [-0.4, -0.2) is 21.8 Å². The molecule has 1 aliphatic rings. The molecular formula is C24H24N2O3S. The third kappa shape index (κ3) is 3.31. The van der Waals surface area contributed by atoms with E-state index in [-0.39, 0.29) is 17.8 Å². The highest BCUT2D eigenvalue weighted by molar-refractivity contribution is 7.22. The molecule has 1 amide bonds. The van der Waals surface area contributed by atoms with Crippen molar-refractivity contribution in [2.24, 2.45) is 0 Å². The molecule has 3 aromatic rings. The number of carbonyl (C=O) groups excluding carboxylic acids is 2. The third-order valence-corrected chi connectivity index (χ3v) is 6.48. The number of aryl methyl sites for hydroxylation is 1. The van der Waals surface area contributed by atoms with Gasteiger partial charge in [0.25, 0.3) is 5.91 Å². The lowest BCUT2D eigenvalue weighted by Gasteiger charge is -2.24. The normalized spacial score (nSPS) is 16.9. The number of ketones is 1. The van der Waals surface area contributed by atoms with Gasteiger partial charge in [-0.2, -0.15) is 0 Å². The van der Waals surface area contributed by atoms with Crippen LogP contribution in [0.25, 0.3) is 10.2 Å². The van der Waals surface area contributed by atoms with Crippen molar-refractivity contribution < 1.29 is 14.7 Å². The molecule has 6 heteroatoms. The van der Waals surface area contributed by atoms with E-state index in [1.54, 1.807) is 6.92 Å². The monoisotopic (exact) mass is 420 g/mol. The van der Waals surface area contributed by atoms with Crippen molar-refractivity contribution >= 4 is 38.4 Å². The van der Waals surface area contributed by atoms with Crippen LogP contribution in [-0.2, 0) is 9.59 Å². The quantitative estimate of drug-likeness (QED) is 0.583. The van der Waals surface area contributed by atoms with Crippen molar-refractivity contribution in [3.05, 3.63) is 70.5 Å². The van der Waals surface area contributed by atoms with Gasteiger partial charge >= 0.3 is 0 Å². The number of aliphatic hydroxyl groups excluding tert-OH is 1. The van der Waals surface area contributed by atoms with Gasteiger partial charge in [-0.15, -0.1) is 0 Å². The van der Waals surface area contributed by atoms with Crippen LogP contribution in [0.1, 0.15) is 55.8 Å². The van der Waals surface area contributed by atoms with E-state index in [0.29, 0.717) is 11.0 Å². The Morgan fingerprint density at radius 3 is 2.67 bits per heavy atom. The number of thiazole rings is 1. The molecule has 1 unspecified atom stereocenters. The van der Waals surface area contributed by atoms with E-state index < -0.39 is 17.7 Å². The first-order chi connectivity index (χ1) is 14.3. The minimum absolute atomic E-state index is 0.148. The lowest BCUT2D eigenvalue weighted by Crippen LogP contribution is -2.30. The van der Waals surface area contributed by atoms with Gasteiger partial charge in [-0.1, -0.05) is 68.0 Å². The number of rotatable bonds is 5. The molecular weight excluding hydrogens is 396 g/mol. The molecule has 30 heavy (non-hydrogen) atoms. The summed E-state index contributed by atoms with van der Waals surface area (Å²) in [6, 6.07) is 13.1. The molecule has 1 aliphatic heterocycles. The number of aliphatic hydroxyl groups is 1. The zero-order valence-electron chi connectivity index (χ0n) is 17.5. The summed E-state index contributed by atoms with van der Waals surface area (Å²) in [4.78, 5) is 31.9. The Labute approximate surface area is 179 Å². The van der Waals surface area contributed by atoms with Crippen LogP contribution >= 0.6 is 11.3 Å². The highest BCUT2D eigenvalue weighted by Gasteiger charge is 2.45. The maximum atomic E-state index is 13.1. The van der Waals surface area contributed by atoms with Crippen LogP contribution in [0.15, 0.2) is 53.8 Å². The van der Waals surface area contributed by atoms with Crippen molar-refractivity contribution in [2.45, 2.75) is 46.1 Å². The van der Waals surface area contributed by atoms with Crippen molar-refractivity contribution in [1.82, 2.24) is 4.98 Å². The summed E-state index contributed by atoms with van der Waals surface area (Å²) in [6.07, 6.45) is 0.209. The standard InChI is InChI=1S/C24H24N2O3S/c1-5-18(27)20-21(16-8-6-7-14(4)11-16)26(23(29)22(20)28)24-25-17-10-9-15(13(2)3)12-19(17)30-24/h6-13,21,28H,5H2,1-4H3. The number of Topliss-reactive ketones (excluding diaryl/α,β-unsaturated/α-hetero) is 1. The zero-order chi connectivity index (χ0) is 21.6. The van der Waals surface area contributed by atoms with Crippen LogP contribution in [0.5, 0.6) is 0 Å². The van der Waals surface area contributed by atoms with Crippen LogP contribution in [0.2, 0.25) is 0 Å². The molecule has 4 rings (SSSR count). The molecule has 0 radical (unpaired) electrons. The molecule has 0 bridgehead atoms. The van der Waals surface area contributed by atoms with Gasteiger partial charge in [0.15, 0.2) is 16.7 Å². The van der Waals surface area contributed by atoms with E-state index in [9.17, 15) is 14.7 Å². The number of hydrogen-bond acceptors (Lipinski definition) is 5. The largest absolute Gasteiger partial charge is 0.503 e. The Morgan fingerprint density at radius 1 is 1.23 bits per heavy atom. The molecule has 0 spiro atoms. The average Bonchev–Trinajstić information content (AvgIpc) is 3.25. The highest BCUT2D eigenvalue weighted by atomic mass is 32.1. The maximum Gasteiger partial charge on any atom is 0.296 e. The first-order valence-electron chi connectivity index (χ1n) is 10.1. The minimum Gasteiger partial charge on any atom is -0.503 e. The number of hydrogen-bond donors (Lipinski definition) is 1. The van der Waals surface area contributed by atoms with Gasteiger partial charge in [0, 0.05) is 6.42 Å². The van der Waals surface area contributed by atoms with E-state index in [2.05, 4.69) is 24.9 Å². The fraction of sp³-hybridized carbons (Fsp3) is 0.292. The van der Waals surface area contributed by atoms with E-state index in [1.807, 2.05) is 43.3 Å². The Bertz CT molecular complexity index is 1190. The van der Waals surface area contributed by atoms with E-state index in [4.69, 9.17) is 0 Å². The summed E-state index contributed by atoms with van der Waals surface area (Å²) in [7, 11) is 0. The number of nitrogens with zero attached hydrogens (tertiary/aromatic N) is 2. The summed E-state index contributed by atoms with van der Waals surface area (Å²) in [6.45, 7) is 7.95. The molecule has 2 aromatic carbocycles. The van der Waals surface area contributed by atoms with E-state index >= 15 is 0 Å². The Kier molecular flexibility index (Phi) is 5.20. The van der Waals surface area contributed by atoms with Gasteiger partial charge in [0.2, 0.25) is 0 Å². The summed E-state index contributed by atoms with van der Waals surface area (Å²) >= 11 is 1.40. The second kappa shape index (κ2) is 7.69. The van der Waals surface area contributed by atoms with Crippen LogP contribution in [0.3, 0.4) is 0 Å². The molecule has 2 heterocycles. The van der Waals surface area contributed by atoms with Crippen molar-refractivity contribution in [3.63, 3.8) is 0 Å². The highest BCUT2D eigenvalue weighted by Crippen LogP contribution is 2.44. The van der Waals surface area contributed by atoms with Gasteiger partial charge in [-0.05, 0) is 36.1 Å². The van der Waals surface area contributed by atoms with Gasteiger partial charge in [-0.3, -0.25) is 14.5 Å². The average molecular weight is 421 g/mol. The van der Waals surface area contributed by atoms with Gasteiger partial charge < -0.3 is 5.11 Å².